The SMILES string of the molecule is C=CCN1C(=O)/C(=C/c2ccc(-c3cc(Cl)cc(Cl)c3)o2)SC1=S. The molecule has 122 valence electrons. The van der Waals surface area contributed by atoms with Gasteiger partial charge in [0.1, 0.15) is 15.8 Å². The van der Waals surface area contributed by atoms with Crippen molar-refractivity contribution < 1.29 is 9.21 Å². The number of nitrogens with zero attached hydrogens (tertiary/aromatic N) is 1. The second-order valence-electron chi connectivity index (χ2n) is 4.94. The van der Waals surface area contributed by atoms with E-state index in [0.717, 1.165) is 5.56 Å². The molecule has 0 aliphatic carbocycles. The van der Waals surface area contributed by atoms with Crippen molar-refractivity contribution in [3.05, 3.63) is 63.7 Å². The maximum Gasteiger partial charge on any atom is 0.266 e. The smallest absolute Gasteiger partial charge is 0.266 e. The maximum absolute atomic E-state index is 12.3. The van der Waals surface area contributed by atoms with Crippen LogP contribution in [0.2, 0.25) is 10.0 Å². The number of furan rings is 1. The molecule has 0 bridgehead atoms. The molecule has 3 rings (SSSR count). The number of thioether (sulfide) groups is 1. The third-order valence-electron chi connectivity index (χ3n) is 3.23. The summed E-state index contributed by atoms with van der Waals surface area (Å²) < 4.78 is 6.29. The Balaban J connectivity index is 1.87. The van der Waals surface area contributed by atoms with E-state index >= 15 is 0 Å². The molecule has 3 nitrogen and oxygen atoms in total. The molecular formula is C17H11Cl2NO2S2. The highest BCUT2D eigenvalue weighted by atomic mass is 35.5. The van der Waals surface area contributed by atoms with Crippen LogP contribution in [0, 0.1) is 0 Å². The molecule has 0 atom stereocenters. The molecule has 0 unspecified atom stereocenters. The van der Waals surface area contributed by atoms with Crippen molar-refractivity contribution >= 4 is 63.5 Å². The molecule has 0 radical (unpaired) electrons. The first-order valence-corrected chi connectivity index (χ1v) is 8.88. The van der Waals surface area contributed by atoms with Crippen molar-refractivity contribution in [1.29, 1.82) is 0 Å². The first kappa shape index (κ1) is 17.3. The van der Waals surface area contributed by atoms with E-state index < -0.39 is 0 Å². The summed E-state index contributed by atoms with van der Waals surface area (Å²) in [6, 6.07) is 8.77. The fourth-order valence-electron chi connectivity index (χ4n) is 2.20. The predicted molar refractivity (Wildman–Crippen MR) is 104 cm³/mol. The molecule has 1 fully saturated rings. The van der Waals surface area contributed by atoms with Crippen LogP contribution in [-0.4, -0.2) is 21.7 Å². The zero-order valence-corrected chi connectivity index (χ0v) is 15.4. The molecule has 1 aliphatic heterocycles. The zero-order valence-electron chi connectivity index (χ0n) is 12.3. The fraction of sp³-hybridized carbons (Fsp3) is 0.0588. The number of halogens is 2. The van der Waals surface area contributed by atoms with Crippen molar-refractivity contribution in [2.75, 3.05) is 6.54 Å². The van der Waals surface area contributed by atoms with E-state index in [-0.39, 0.29) is 5.91 Å². The monoisotopic (exact) mass is 395 g/mol. The van der Waals surface area contributed by atoms with Gasteiger partial charge in [-0.05, 0) is 30.3 Å². The van der Waals surface area contributed by atoms with Gasteiger partial charge in [-0.1, -0.05) is 53.3 Å². The van der Waals surface area contributed by atoms with Gasteiger partial charge < -0.3 is 4.42 Å². The highest BCUT2D eigenvalue weighted by molar-refractivity contribution is 8.26. The molecule has 1 aromatic heterocycles. The van der Waals surface area contributed by atoms with Gasteiger partial charge in [0.05, 0.1) is 4.91 Å². The van der Waals surface area contributed by atoms with E-state index in [4.69, 9.17) is 39.8 Å². The van der Waals surface area contributed by atoms with Crippen LogP contribution < -0.4 is 0 Å². The largest absolute Gasteiger partial charge is 0.457 e. The standard InChI is InChI=1S/C17H11Cl2NO2S2/c1-2-5-20-16(21)15(24-17(20)23)9-13-3-4-14(22-13)10-6-11(18)8-12(19)7-10/h2-4,6-9H,1,5H2/b15-9-. The Morgan fingerprint density at radius 3 is 2.62 bits per heavy atom. The van der Waals surface area contributed by atoms with Crippen LogP contribution >= 0.6 is 47.2 Å². The first-order valence-electron chi connectivity index (χ1n) is 6.90. The van der Waals surface area contributed by atoms with Crippen LogP contribution in [-0.2, 0) is 4.79 Å². The molecule has 1 saturated heterocycles. The molecule has 0 saturated carbocycles. The van der Waals surface area contributed by atoms with Gasteiger partial charge in [0, 0.05) is 28.2 Å². The van der Waals surface area contributed by atoms with Crippen LogP contribution in [0.1, 0.15) is 5.76 Å². The molecule has 0 N–H and O–H groups in total. The summed E-state index contributed by atoms with van der Waals surface area (Å²) in [7, 11) is 0. The average Bonchev–Trinajstić information content (AvgIpc) is 3.08. The number of hydrogen-bond acceptors (Lipinski definition) is 4. The molecule has 1 aromatic carbocycles. The summed E-state index contributed by atoms with van der Waals surface area (Å²) in [5, 5.41) is 1.06. The zero-order chi connectivity index (χ0) is 17.3. The lowest BCUT2D eigenvalue weighted by Crippen LogP contribution is -2.27. The Bertz CT molecular complexity index is 853. The number of carbonyl (C=O) groups is 1. The summed E-state index contributed by atoms with van der Waals surface area (Å²) in [5.41, 5.74) is 0.770. The van der Waals surface area contributed by atoms with E-state index in [1.54, 1.807) is 42.5 Å². The van der Waals surface area contributed by atoms with Gasteiger partial charge in [0.2, 0.25) is 0 Å². The summed E-state index contributed by atoms with van der Waals surface area (Å²) in [5.74, 6) is 1.03. The molecule has 1 amide bonds. The minimum atomic E-state index is -0.145. The fourth-order valence-corrected chi connectivity index (χ4v) is 3.98. The summed E-state index contributed by atoms with van der Waals surface area (Å²) >= 11 is 18.5. The number of carbonyl (C=O) groups excluding carboxylic acids is 1. The highest BCUT2D eigenvalue weighted by Crippen LogP contribution is 2.34. The molecule has 2 aromatic rings. The van der Waals surface area contributed by atoms with E-state index in [9.17, 15) is 4.79 Å². The van der Waals surface area contributed by atoms with Gasteiger partial charge in [-0.15, -0.1) is 6.58 Å². The molecule has 0 spiro atoms. The Morgan fingerprint density at radius 2 is 1.96 bits per heavy atom. The molecule has 2 heterocycles. The number of benzene rings is 1. The third-order valence-corrected chi connectivity index (χ3v) is 5.05. The summed E-state index contributed by atoms with van der Waals surface area (Å²) in [4.78, 5) is 14.3. The number of hydrogen-bond donors (Lipinski definition) is 0. The van der Waals surface area contributed by atoms with Gasteiger partial charge in [-0.3, -0.25) is 9.69 Å². The minimum Gasteiger partial charge on any atom is -0.457 e. The number of thiocarbonyl (C=S) groups is 1. The van der Waals surface area contributed by atoms with Crippen molar-refractivity contribution in [1.82, 2.24) is 4.90 Å². The molecule has 24 heavy (non-hydrogen) atoms. The van der Waals surface area contributed by atoms with Crippen LogP contribution in [0.15, 0.2) is 52.3 Å². The number of rotatable bonds is 4. The lowest BCUT2D eigenvalue weighted by atomic mass is 10.2. The second kappa shape index (κ2) is 7.15. The van der Waals surface area contributed by atoms with Crippen molar-refractivity contribution in [3.8, 4) is 11.3 Å². The maximum atomic E-state index is 12.3. The Kier molecular flexibility index (Phi) is 5.15. The van der Waals surface area contributed by atoms with Crippen LogP contribution in [0.5, 0.6) is 0 Å². The van der Waals surface area contributed by atoms with Crippen LogP contribution in [0.3, 0.4) is 0 Å². The Labute approximate surface area is 158 Å². The van der Waals surface area contributed by atoms with Gasteiger partial charge >= 0.3 is 0 Å². The lowest BCUT2D eigenvalue weighted by molar-refractivity contribution is -0.121. The Hall–Kier alpha value is -1.53. The average molecular weight is 396 g/mol. The summed E-state index contributed by atoms with van der Waals surface area (Å²) in [6.07, 6.45) is 3.32. The van der Waals surface area contributed by atoms with Crippen molar-refractivity contribution in [2.24, 2.45) is 0 Å². The van der Waals surface area contributed by atoms with Crippen LogP contribution in [0.4, 0.5) is 0 Å². The van der Waals surface area contributed by atoms with E-state index in [0.29, 0.717) is 37.3 Å². The van der Waals surface area contributed by atoms with E-state index in [1.165, 1.54) is 16.7 Å². The Morgan fingerprint density at radius 1 is 1.25 bits per heavy atom. The van der Waals surface area contributed by atoms with Crippen molar-refractivity contribution in [2.45, 2.75) is 0 Å². The van der Waals surface area contributed by atoms with E-state index in [2.05, 4.69) is 6.58 Å². The number of amides is 1. The van der Waals surface area contributed by atoms with Gasteiger partial charge in [0.15, 0.2) is 0 Å². The molecular weight excluding hydrogens is 385 g/mol. The predicted octanol–water partition coefficient (Wildman–Crippen LogP) is 5.64. The normalized spacial score (nSPS) is 16.2. The van der Waals surface area contributed by atoms with Crippen molar-refractivity contribution in [3.63, 3.8) is 0 Å². The first-order chi connectivity index (χ1) is 11.5. The summed E-state index contributed by atoms with van der Waals surface area (Å²) in [6.45, 7) is 4.03. The lowest BCUT2D eigenvalue weighted by Gasteiger charge is -2.10. The van der Waals surface area contributed by atoms with Crippen LogP contribution in [0.25, 0.3) is 17.4 Å². The molecule has 7 heteroatoms. The highest BCUT2D eigenvalue weighted by Gasteiger charge is 2.31. The topological polar surface area (TPSA) is 33.5 Å². The van der Waals surface area contributed by atoms with Gasteiger partial charge in [0.25, 0.3) is 5.91 Å². The second-order valence-corrected chi connectivity index (χ2v) is 7.49. The van der Waals surface area contributed by atoms with Gasteiger partial charge in [-0.2, -0.15) is 0 Å². The van der Waals surface area contributed by atoms with Gasteiger partial charge in [-0.25, -0.2) is 0 Å². The third kappa shape index (κ3) is 3.59. The minimum absolute atomic E-state index is 0.145. The molecule has 1 aliphatic rings. The van der Waals surface area contributed by atoms with E-state index in [1.807, 2.05) is 0 Å². The quantitative estimate of drug-likeness (QED) is 0.380.